The van der Waals surface area contributed by atoms with Gasteiger partial charge < -0.3 is 20.7 Å². The highest BCUT2D eigenvalue weighted by Crippen LogP contribution is 2.31. The van der Waals surface area contributed by atoms with Gasteiger partial charge in [-0.25, -0.2) is 4.79 Å². The van der Waals surface area contributed by atoms with Crippen LogP contribution >= 0.6 is 12.4 Å². The maximum Gasteiger partial charge on any atom is 0.387 e. The Bertz CT molecular complexity index is 970. The molecule has 3 amide bonds. The Morgan fingerprint density at radius 3 is 2.29 bits per heavy atom. The van der Waals surface area contributed by atoms with Crippen LogP contribution in [0.2, 0.25) is 0 Å². The summed E-state index contributed by atoms with van der Waals surface area (Å²) in [7, 11) is 0. The lowest BCUT2D eigenvalue weighted by atomic mass is 9.87. The third-order valence-corrected chi connectivity index (χ3v) is 6.43. The summed E-state index contributed by atoms with van der Waals surface area (Å²) in [6, 6.07) is 15.4. The number of carbonyl (C=O) groups excluding carboxylic acids is 2. The number of hydrogen-bond donors (Lipinski definition) is 2. The van der Waals surface area contributed by atoms with Crippen molar-refractivity contribution in [1.29, 1.82) is 0 Å². The van der Waals surface area contributed by atoms with Crippen molar-refractivity contribution < 1.29 is 23.1 Å². The summed E-state index contributed by atoms with van der Waals surface area (Å²) in [6.07, 6.45) is 1.89. The predicted molar refractivity (Wildman–Crippen MR) is 126 cm³/mol. The van der Waals surface area contributed by atoms with Crippen molar-refractivity contribution in [3.05, 3.63) is 65.7 Å². The molecule has 34 heavy (non-hydrogen) atoms. The van der Waals surface area contributed by atoms with Gasteiger partial charge in [0.2, 0.25) is 0 Å². The molecule has 2 aromatic carbocycles. The van der Waals surface area contributed by atoms with Crippen molar-refractivity contribution in [3.63, 3.8) is 0 Å². The summed E-state index contributed by atoms with van der Waals surface area (Å²) in [6.45, 7) is -0.606. The molecule has 0 bridgehead atoms. The number of halogens is 3. The van der Waals surface area contributed by atoms with Gasteiger partial charge in [-0.05, 0) is 49.1 Å². The monoisotopic (exact) mass is 494 g/mol. The average Bonchev–Trinajstić information content (AvgIpc) is 3.04. The van der Waals surface area contributed by atoms with Gasteiger partial charge in [-0.1, -0.05) is 42.5 Å². The van der Waals surface area contributed by atoms with E-state index >= 15 is 0 Å². The minimum absolute atomic E-state index is 0. The first kappa shape index (κ1) is 25.9. The number of rotatable bonds is 8. The summed E-state index contributed by atoms with van der Waals surface area (Å²) in [5, 5.41) is 2.90. The van der Waals surface area contributed by atoms with Crippen LogP contribution in [0.4, 0.5) is 13.6 Å². The van der Waals surface area contributed by atoms with Gasteiger partial charge in [0, 0.05) is 19.1 Å². The first-order chi connectivity index (χ1) is 15.9. The Morgan fingerprint density at radius 1 is 1.03 bits per heavy atom. The Hall–Kier alpha value is -2.75. The van der Waals surface area contributed by atoms with Gasteiger partial charge in [0.15, 0.2) is 0 Å². The normalized spacial score (nSPS) is 18.6. The fraction of sp³-hybridized carbons (Fsp3) is 0.417. The lowest BCUT2D eigenvalue weighted by Crippen LogP contribution is -2.55. The van der Waals surface area contributed by atoms with E-state index in [1.165, 1.54) is 17.0 Å². The number of hydrogen-bond acceptors (Lipinski definition) is 5. The van der Waals surface area contributed by atoms with E-state index in [4.69, 9.17) is 5.73 Å². The molecule has 2 heterocycles. The van der Waals surface area contributed by atoms with Crippen LogP contribution in [0.5, 0.6) is 5.75 Å². The highest BCUT2D eigenvalue weighted by Gasteiger charge is 2.52. The zero-order valence-corrected chi connectivity index (χ0v) is 19.5. The maximum atomic E-state index is 13.1. The molecule has 184 valence electrons. The Kier molecular flexibility index (Phi) is 8.46. The molecule has 0 aromatic heterocycles. The molecule has 1 spiro atoms. The van der Waals surface area contributed by atoms with Gasteiger partial charge in [-0.3, -0.25) is 9.69 Å². The number of alkyl halides is 2. The fourth-order valence-corrected chi connectivity index (χ4v) is 4.46. The number of nitrogens with one attached hydrogen (secondary N) is 1. The Balaban J connectivity index is 0.00000324. The van der Waals surface area contributed by atoms with E-state index in [1.807, 2.05) is 30.3 Å². The molecule has 0 radical (unpaired) electrons. The molecule has 2 fully saturated rings. The maximum absolute atomic E-state index is 13.1. The lowest BCUT2D eigenvalue weighted by Gasteiger charge is -2.37. The summed E-state index contributed by atoms with van der Waals surface area (Å²) in [5.74, 6) is -0.206. The van der Waals surface area contributed by atoms with E-state index in [9.17, 15) is 18.4 Å². The van der Waals surface area contributed by atoms with Crippen LogP contribution < -0.4 is 15.8 Å². The van der Waals surface area contributed by atoms with Crippen molar-refractivity contribution in [2.24, 2.45) is 5.73 Å². The number of amides is 3. The number of piperidine rings is 1. The smallest absolute Gasteiger partial charge is 0.387 e. The van der Waals surface area contributed by atoms with E-state index in [1.54, 1.807) is 12.1 Å². The van der Waals surface area contributed by atoms with E-state index in [-0.39, 0.29) is 36.7 Å². The standard InChI is InChI=1S/C24H28F2N4O3.ClH/c25-22(26)33-19-8-6-17(7-9-19)16-30-21(31)24(28-23(30)32)11-14-29(15-12-24)13-10-20(27)18-4-2-1-3-5-18;/h1-9,20,22H,10-16,27H2,(H,28,32);1H/t20-;/m0./s1. The largest absolute Gasteiger partial charge is 0.435 e. The summed E-state index contributed by atoms with van der Waals surface area (Å²) >= 11 is 0. The van der Waals surface area contributed by atoms with Crippen LogP contribution in [0, 0.1) is 0 Å². The SMILES string of the molecule is Cl.N[C@@H](CCN1CCC2(CC1)NC(=O)N(Cc1ccc(OC(F)F)cc1)C2=O)c1ccccc1. The summed E-state index contributed by atoms with van der Waals surface area (Å²) in [4.78, 5) is 29.2. The zero-order chi connectivity index (χ0) is 23.4. The van der Waals surface area contributed by atoms with Crippen molar-refractivity contribution >= 4 is 24.3 Å². The topological polar surface area (TPSA) is 87.9 Å². The number of urea groups is 1. The molecule has 4 rings (SSSR count). The molecule has 1 atom stereocenters. The minimum atomic E-state index is -2.90. The number of benzene rings is 2. The number of likely N-dealkylation sites (tertiary alicyclic amines) is 1. The molecule has 2 aliphatic heterocycles. The third kappa shape index (κ3) is 5.84. The van der Waals surface area contributed by atoms with Crippen molar-refractivity contribution in [1.82, 2.24) is 15.1 Å². The van der Waals surface area contributed by atoms with E-state index in [0.29, 0.717) is 31.5 Å². The number of nitrogens with zero attached hydrogens (tertiary/aromatic N) is 2. The van der Waals surface area contributed by atoms with Gasteiger partial charge >= 0.3 is 12.6 Å². The molecule has 0 unspecified atom stereocenters. The highest BCUT2D eigenvalue weighted by atomic mass is 35.5. The van der Waals surface area contributed by atoms with Gasteiger partial charge in [0.25, 0.3) is 5.91 Å². The number of imide groups is 1. The number of ether oxygens (including phenoxy) is 1. The molecule has 2 aliphatic rings. The van der Waals surface area contributed by atoms with Crippen LogP contribution in [-0.4, -0.2) is 53.5 Å². The van der Waals surface area contributed by atoms with E-state index < -0.39 is 18.2 Å². The lowest BCUT2D eigenvalue weighted by molar-refractivity contribution is -0.133. The van der Waals surface area contributed by atoms with Crippen LogP contribution in [0.25, 0.3) is 0 Å². The van der Waals surface area contributed by atoms with Crippen LogP contribution in [0.3, 0.4) is 0 Å². The quantitative estimate of drug-likeness (QED) is 0.546. The van der Waals surface area contributed by atoms with Crippen LogP contribution in [0.1, 0.15) is 36.4 Å². The van der Waals surface area contributed by atoms with Crippen molar-refractivity contribution in [2.45, 2.75) is 44.0 Å². The molecular formula is C24H29ClF2N4O3. The van der Waals surface area contributed by atoms with Crippen molar-refractivity contribution in [3.8, 4) is 5.75 Å². The molecule has 0 saturated carbocycles. The summed E-state index contributed by atoms with van der Waals surface area (Å²) < 4.78 is 29.0. The third-order valence-electron chi connectivity index (χ3n) is 6.43. The van der Waals surface area contributed by atoms with Crippen LogP contribution in [0.15, 0.2) is 54.6 Å². The molecule has 3 N–H and O–H groups in total. The van der Waals surface area contributed by atoms with Gasteiger partial charge in [0.1, 0.15) is 11.3 Å². The molecule has 2 saturated heterocycles. The number of carbonyl (C=O) groups is 2. The van der Waals surface area contributed by atoms with Gasteiger partial charge in [-0.15, -0.1) is 12.4 Å². The van der Waals surface area contributed by atoms with E-state index in [0.717, 1.165) is 18.5 Å². The average molecular weight is 495 g/mol. The highest BCUT2D eigenvalue weighted by molar-refractivity contribution is 6.07. The second kappa shape index (κ2) is 11.1. The van der Waals surface area contributed by atoms with Gasteiger partial charge in [-0.2, -0.15) is 8.78 Å². The van der Waals surface area contributed by atoms with Crippen molar-refractivity contribution in [2.75, 3.05) is 19.6 Å². The predicted octanol–water partition coefficient (Wildman–Crippen LogP) is 3.69. The minimum Gasteiger partial charge on any atom is -0.435 e. The fourth-order valence-electron chi connectivity index (χ4n) is 4.46. The van der Waals surface area contributed by atoms with Crippen LogP contribution in [-0.2, 0) is 11.3 Å². The molecule has 7 nitrogen and oxygen atoms in total. The van der Waals surface area contributed by atoms with E-state index in [2.05, 4.69) is 15.0 Å². The number of nitrogens with two attached hydrogens (primary N) is 1. The van der Waals surface area contributed by atoms with Gasteiger partial charge in [0.05, 0.1) is 6.54 Å². The first-order valence-electron chi connectivity index (χ1n) is 11.1. The Morgan fingerprint density at radius 2 is 1.68 bits per heavy atom. The first-order valence-corrected chi connectivity index (χ1v) is 11.1. The molecule has 0 aliphatic carbocycles. The summed E-state index contributed by atoms with van der Waals surface area (Å²) in [5.41, 5.74) is 7.18. The Labute approximate surface area is 203 Å². The zero-order valence-electron chi connectivity index (χ0n) is 18.7. The second-order valence-electron chi connectivity index (χ2n) is 8.57. The molecule has 10 heteroatoms. The molecule has 2 aromatic rings. The molecular weight excluding hydrogens is 466 g/mol. The second-order valence-corrected chi connectivity index (χ2v) is 8.57.